The highest BCUT2D eigenvalue weighted by atomic mass is 16.1. The van der Waals surface area contributed by atoms with E-state index in [-0.39, 0.29) is 0 Å². The number of rotatable bonds is 3. The molecule has 0 saturated heterocycles. The van der Waals surface area contributed by atoms with Gasteiger partial charge in [-0.3, -0.25) is 4.79 Å². The molecule has 0 radical (unpaired) electrons. The summed E-state index contributed by atoms with van der Waals surface area (Å²) in [6.07, 6.45) is 1.98. The van der Waals surface area contributed by atoms with Crippen LogP contribution in [0.3, 0.4) is 0 Å². The lowest BCUT2D eigenvalue weighted by molar-refractivity contribution is 0.112. The van der Waals surface area contributed by atoms with Crippen molar-refractivity contribution in [2.24, 2.45) is 0 Å². The van der Waals surface area contributed by atoms with Crippen molar-refractivity contribution in [3.05, 3.63) is 42.0 Å². The third-order valence-electron chi connectivity index (χ3n) is 1.59. The molecular weight excluding hydrogens is 150 g/mol. The summed E-state index contributed by atoms with van der Waals surface area (Å²) in [4.78, 5) is 10.3. The van der Waals surface area contributed by atoms with Gasteiger partial charge in [0.05, 0.1) is 0 Å². The van der Waals surface area contributed by atoms with Crippen LogP contribution in [-0.4, -0.2) is 12.5 Å². The first-order valence-corrected chi connectivity index (χ1v) is 3.53. The fraction of sp³-hybridized carbons (Fsp3) is 0. The number of hydrogen-bond donors (Lipinski definition) is 1. The van der Waals surface area contributed by atoms with Crippen LogP contribution in [-0.2, 0) is 0 Å². The van der Waals surface area contributed by atoms with E-state index in [1.807, 2.05) is 0 Å². The molecule has 0 heterocycles. The lowest BCUT2D eigenvalue weighted by Crippen LogP contribution is -1.84. The Morgan fingerprint density at radius 2 is 1.92 bits per heavy atom. The Hall–Kier alpha value is -1.70. The minimum atomic E-state index is 0.636. The summed E-state index contributed by atoms with van der Waals surface area (Å²) in [5, 5.41) is 6.95. The molecule has 12 heavy (non-hydrogen) atoms. The molecule has 0 atom stereocenters. The molecule has 0 fully saturated rings. The fourth-order valence-electron chi connectivity index (χ4n) is 0.859. The molecule has 1 N–H and O–H groups in total. The smallest absolute Gasteiger partial charge is 0.150 e. The predicted molar refractivity (Wildman–Crippen MR) is 49.6 cm³/mol. The second-order valence-electron chi connectivity index (χ2n) is 2.41. The van der Waals surface area contributed by atoms with E-state index in [0.717, 1.165) is 11.8 Å². The molecule has 0 saturated carbocycles. The van der Waals surface area contributed by atoms with E-state index >= 15 is 0 Å². The zero-order chi connectivity index (χ0) is 8.97. The van der Waals surface area contributed by atoms with E-state index in [4.69, 9.17) is 5.41 Å². The van der Waals surface area contributed by atoms with Crippen molar-refractivity contribution in [1.29, 1.82) is 5.41 Å². The number of carbonyl (C=O) groups is 1. The minimum Gasteiger partial charge on any atom is -0.308 e. The number of aldehydes is 1. The number of allylic oxidation sites excluding steroid dienone is 1. The van der Waals surface area contributed by atoms with Crippen LogP contribution in [0.15, 0.2) is 30.8 Å². The van der Waals surface area contributed by atoms with E-state index in [1.165, 1.54) is 6.21 Å². The summed E-state index contributed by atoms with van der Waals surface area (Å²) in [5.74, 6) is 0. The van der Waals surface area contributed by atoms with Crippen molar-refractivity contribution in [3.63, 3.8) is 0 Å². The maximum atomic E-state index is 10.3. The Bertz CT molecular complexity index is 311. The summed E-state index contributed by atoms with van der Waals surface area (Å²) >= 11 is 0. The Kier molecular flexibility index (Phi) is 2.53. The van der Waals surface area contributed by atoms with Gasteiger partial charge in [-0.15, -0.1) is 0 Å². The predicted octanol–water partition coefficient (Wildman–Crippen LogP) is 2.16. The Labute approximate surface area is 71.0 Å². The van der Waals surface area contributed by atoms with Crippen LogP contribution in [0, 0.1) is 5.41 Å². The second kappa shape index (κ2) is 3.62. The molecule has 2 heteroatoms. The lowest BCUT2D eigenvalue weighted by atomic mass is 10.1. The van der Waals surface area contributed by atoms with Gasteiger partial charge in [0, 0.05) is 11.8 Å². The van der Waals surface area contributed by atoms with E-state index in [2.05, 4.69) is 6.58 Å². The first kappa shape index (κ1) is 8.40. The van der Waals surface area contributed by atoms with Crippen molar-refractivity contribution in [3.8, 4) is 0 Å². The standard InChI is InChI=1S/C10H9NO/c1-8(6-11)10-4-2-9(7-12)3-5-10/h2-7,11H,1H2. The SMILES string of the molecule is C=C(C=N)c1ccc(C=O)cc1. The summed E-state index contributed by atoms with van der Waals surface area (Å²) < 4.78 is 0. The molecule has 0 amide bonds. The number of nitrogens with one attached hydrogen (secondary N) is 1. The fourth-order valence-corrected chi connectivity index (χ4v) is 0.859. The summed E-state index contributed by atoms with van der Waals surface area (Å²) in [7, 11) is 0. The van der Waals surface area contributed by atoms with E-state index < -0.39 is 0 Å². The molecule has 0 bridgehead atoms. The van der Waals surface area contributed by atoms with Gasteiger partial charge in [-0.1, -0.05) is 30.8 Å². The largest absolute Gasteiger partial charge is 0.308 e. The van der Waals surface area contributed by atoms with Crippen molar-refractivity contribution in [2.45, 2.75) is 0 Å². The average molecular weight is 159 g/mol. The molecule has 60 valence electrons. The van der Waals surface area contributed by atoms with Crippen molar-refractivity contribution in [2.75, 3.05) is 0 Å². The van der Waals surface area contributed by atoms with Gasteiger partial charge in [-0.05, 0) is 11.1 Å². The van der Waals surface area contributed by atoms with Crippen LogP contribution in [0.1, 0.15) is 15.9 Å². The van der Waals surface area contributed by atoms with Gasteiger partial charge in [-0.25, -0.2) is 0 Å². The highest BCUT2D eigenvalue weighted by Crippen LogP contribution is 2.10. The average Bonchev–Trinajstić information content (AvgIpc) is 2.17. The highest BCUT2D eigenvalue weighted by molar-refractivity contribution is 6.07. The zero-order valence-corrected chi connectivity index (χ0v) is 6.58. The molecule has 0 spiro atoms. The second-order valence-corrected chi connectivity index (χ2v) is 2.41. The van der Waals surface area contributed by atoms with Crippen LogP contribution in [0.2, 0.25) is 0 Å². The van der Waals surface area contributed by atoms with E-state index in [0.29, 0.717) is 11.1 Å². The van der Waals surface area contributed by atoms with Gasteiger partial charge < -0.3 is 5.41 Å². The molecule has 1 aromatic rings. The van der Waals surface area contributed by atoms with Crippen molar-refractivity contribution >= 4 is 18.1 Å². The maximum absolute atomic E-state index is 10.3. The molecule has 0 aromatic heterocycles. The molecule has 0 aliphatic heterocycles. The van der Waals surface area contributed by atoms with Crippen LogP contribution in [0.25, 0.3) is 5.57 Å². The lowest BCUT2D eigenvalue weighted by Gasteiger charge is -1.97. The van der Waals surface area contributed by atoms with Gasteiger partial charge in [0.15, 0.2) is 0 Å². The van der Waals surface area contributed by atoms with Gasteiger partial charge in [0.1, 0.15) is 6.29 Å². The quantitative estimate of drug-likeness (QED) is 0.533. The number of carbonyl (C=O) groups excluding carboxylic acids is 1. The number of benzene rings is 1. The first-order chi connectivity index (χ1) is 5.77. The van der Waals surface area contributed by atoms with Crippen molar-refractivity contribution in [1.82, 2.24) is 0 Å². The molecule has 1 aromatic carbocycles. The monoisotopic (exact) mass is 159 g/mol. The van der Waals surface area contributed by atoms with Crippen LogP contribution < -0.4 is 0 Å². The topological polar surface area (TPSA) is 40.9 Å². The van der Waals surface area contributed by atoms with Gasteiger partial charge >= 0.3 is 0 Å². The zero-order valence-electron chi connectivity index (χ0n) is 6.58. The van der Waals surface area contributed by atoms with Crippen LogP contribution in [0.4, 0.5) is 0 Å². The Morgan fingerprint density at radius 1 is 1.33 bits per heavy atom. The third kappa shape index (κ3) is 1.66. The van der Waals surface area contributed by atoms with Crippen LogP contribution >= 0.6 is 0 Å². The summed E-state index contributed by atoms with van der Waals surface area (Å²) in [6, 6.07) is 6.96. The van der Waals surface area contributed by atoms with Gasteiger partial charge in [0.2, 0.25) is 0 Å². The van der Waals surface area contributed by atoms with Crippen LogP contribution in [0.5, 0.6) is 0 Å². The maximum Gasteiger partial charge on any atom is 0.150 e. The van der Waals surface area contributed by atoms with E-state index in [9.17, 15) is 4.79 Å². The normalized spacial score (nSPS) is 9.00. The minimum absolute atomic E-state index is 0.636. The summed E-state index contributed by atoms with van der Waals surface area (Å²) in [5.41, 5.74) is 2.15. The third-order valence-corrected chi connectivity index (χ3v) is 1.59. The number of hydrogen-bond acceptors (Lipinski definition) is 2. The first-order valence-electron chi connectivity index (χ1n) is 3.53. The Morgan fingerprint density at radius 3 is 2.33 bits per heavy atom. The van der Waals surface area contributed by atoms with E-state index in [1.54, 1.807) is 24.3 Å². The van der Waals surface area contributed by atoms with Gasteiger partial charge in [-0.2, -0.15) is 0 Å². The molecule has 2 nitrogen and oxygen atoms in total. The Balaban J connectivity index is 2.99. The summed E-state index contributed by atoms with van der Waals surface area (Å²) in [6.45, 7) is 3.67. The molecule has 0 unspecified atom stereocenters. The highest BCUT2D eigenvalue weighted by Gasteiger charge is 1.94. The van der Waals surface area contributed by atoms with Gasteiger partial charge in [0.25, 0.3) is 0 Å². The molecule has 0 aliphatic carbocycles. The molecular formula is C10H9NO. The molecule has 1 rings (SSSR count). The molecule has 0 aliphatic rings. The van der Waals surface area contributed by atoms with Crippen molar-refractivity contribution < 1.29 is 4.79 Å².